The standard InChI is InChI=1S/C17H22Cl2O2/c1-14-10-13(20-11-12-8-6-5-7-9-12)15(2,21-14)17(4,19)16(14,3)18/h5-9,13H,10-11H2,1-4H3. The van der Waals surface area contributed by atoms with Gasteiger partial charge in [0.25, 0.3) is 0 Å². The molecular weight excluding hydrogens is 307 g/mol. The molecule has 0 aromatic heterocycles. The maximum absolute atomic E-state index is 6.83. The van der Waals surface area contributed by atoms with Crippen LogP contribution in [0, 0.1) is 0 Å². The molecular formula is C17H22Cl2O2. The molecule has 1 aromatic carbocycles. The Balaban J connectivity index is 1.81. The molecule has 0 aliphatic carbocycles. The molecule has 2 aliphatic heterocycles. The van der Waals surface area contributed by atoms with Gasteiger partial charge < -0.3 is 9.47 Å². The molecule has 116 valence electrons. The fourth-order valence-electron chi connectivity index (χ4n) is 3.76. The molecule has 4 heteroatoms. The maximum Gasteiger partial charge on any atom is 0.113 e. The van der Waals surface area contributed by atoms with Gasteiger partial charge in [-0.05, 0) is 33.3 Å². The fourth-order valence-corrected chi connectivity index (χ4v) is 4.42. The third kappa shape index (κ3) is 1.92. The van der Waals surface area contributed by atoms with Gasteiger partial charge in [0, 0.05) is 6.42 Å². The summed E-state index contributed by atoms with van der Waals surface area (Å²) in [6.45, 7) is 8.56. The molecule has 0 spiro atoms. The molecule has 2 fully saturated rings. The van der Waals surface area contributed by atoms with Crippen molar-refractivity contribution < 1.29 is 9.47 Å². The third-order valence-corrected chi connectivity index (χ3v) is 7.36. The summed E-state index contributed by atoms with van der Waals surface area (Å²) in [5.74, 6) is 0. The van der Waals surface area contributed by atoms with Crippen LogP contribution < -0.4 is 0 Å². The van der Waals surface area contributed by atoms with Crippen LogP contribution in [0.4, 0.5) is 0 Å². The lowest BCUT2D eigenvalue weighted by molar-refractivity contribution is -0.0926. The van der Waals surface area contributed by atoms with Gasteiger partial charge in [0.1, 0.15) is 5.60 Å². The molecule has 2 aliphatic rings. The zero-order valence-corrected chi connectivity index (χ0v) is 14.5. The lowest BCUT2D eigenvalue weighted by atomic mass is 9.66. The molecule has 0 saturated carbocycles. The summed E-state index contributed by atoms with van der Waals surface area (Å²) in [7, 11) is 0. The smallest absolute Gasteiger partial charge is 0.113 e. The van der Waals surface area contributed by atoms with E-state index >= 15 is 0 Å². The molecule has 0 N–H and O–H groups in total. The zero-order valence-electron chi connectivity index (χ0n) is 13.0. The second kappa shape index (κ2) is 4.61. The Morgan fingerprint density at radius 3 is 2.24 bits per heavy atom. The first-order valence-electron chi connectivity index (χ1n) is 7.38. The van der Waals surface area contributed by atoms with Crippen LogP contribution in [0.3, 0.4) is 0 Å². The lowest BCUT2D eigenvalue weighted by Crippen LogP contribution is -2.63. The zero-order chi connectivity index (χ0) is 15.5. The van der Waals surface area contributed by atoms with Gasteiger partial charge in [-0.25, -0.2) is 0 Å². The highest BCUT2D eigenvalue weighted by Crippen LogP contribution is 2.67. The van der Waals surface area contributed by atoms with Crippen molar-refractivity contribution in [1.82, 2.24) is 0 Å². The molecule has 2 heterocycles. The van der Waals surface area contributed by atoms with Gasteiger partial charge in [0.2, 0.25) is 0 Å². The molecule has 21 heavy (non-hydrogen) atoms. The van der Waals surface area contributed by atoms with E-state index in [1.807, 2.05) is 45.9 Å². The number of ether oxygens (including phenoxy) is 2. The van der Waals surface area contributed by atoms with Crippen molar-refractivity contribution in [3.8, 4) is 0 Å². The number of hydrogen-bond donors (Lipinski definition) is 0. The van der Waals surface area contributed by atoms with E-state index in [2.05, 4.69) is 12.1 Å². The largest absolute Gasteiger partial charge is 0.370 e. The van der Waals surface area contributed by atoms with E-state index in [1.165, 1.54) is 0 Å². The number of benzene rings is 1. The minimum atomic E-state index is -0.685. The SMILES string of the molecule is CC12CC(OCc3ccccc3)C(C)(O1)C(C)(Cl)C2(C)Cl. The van der Waals surface area contributed by atoms with E-state index in [0.29, 0.717) is 6.61 Å². The van der Waals surface area contributed by atoms with Crippen LogP contribution in [0.5, 0.6) is 0 Å². The molecule has 3 rings (SSSR count). The van der Waals surface area contributed by atoms with E-state index < -0.39 is 21.0 Å². The lowest BCUT2D eigenvalue weighted by Gasteiger charge is -2.48. The number of alkyl halides is 2. The van der Waals surface area contributed by atoms with Crippen LogP contribution in [-0.2, 0) is 16.1 Å². The summed E-state index contributed by atoms with van der Waals surface area (Å²) in [4.78, 5) is -1.31. The first-order valence-corrected chi connectivity index (χ1v) is 8.13. The van der Waals surface area contributed by atoms with Crippen molar-refractivity contribution in [2.75, 3.05) is 0 Å². The van der Waals surface area contributed by atoms with Crippen LogP contribution in [0.2, 0.25) is 0 Å². The first-order chi connectivity index (χ1) is 9.64. The van der Waals surface area contributed by atoms with E-state index in [9.17, 15) is 0 Å². The third-order valence-electron chi connectivity index (χ3n) is 5.73. The quantitative estimate of drug-likeness (QED) is 0.759. The number of fused-ring (bicyclic) bond motifs is 2. The molecule has 0 amide bonds. The molecule has 5 atom stereocenters. The summed E-state index contributed by atoms with van der Waals surface area (Å²) in [5.41, 5.74) is 0.0920. The van der Waals surface area contributed by atoms with Crippen molar-refractivity contribution in [3.63, 3.8) is 0 Å². The second-order valence-corrected chi connectivity index (χ2v) is 8.45. The molecule has 0 radical (unpaired) electrons. The van der Waals surface area contributed by atoms with Crippen molar-refractivity contribution in [1.29, 1.82) is 0 Å². The van der Waals surface area contributed by atoms with Crippen LogP contribution in [-0.4, -0.2) is 27.1 Å². The van der Waals surface area contributed by atoms with Gasteiger partial charge >= 0.3 is 0 Å². The summed E-state index contributed by atoms with van der Waals surface area (Å²) in [6, 6.07) is 10.1. The van der Waals surface area contributed by atoms with Crippen LogP contribution in [0.25, 0.3) is 0 Å². The van der Waals surface area contributed by atoms with Gasteiger partial charge in [0.05, 0.1) is 28.1 Å². The molecule has 2 saturated heterocycles. The predicted molar refractivity (Wildman–Crippen MR) is 86.0 cm³/mol. The second-order valence-electron chi connectivity index (χ2n) is 6.94. The Morgan fingerprint density at radius 1 is 1.10 bits per heavy atom. The predicted octanol–water partition coefficient (Wildman–Crippen LogP) is 4.52. The van der Waals surface area contributed by atoms with Gasteiger partial charge in [0.15, 0.2) is 0 Å². The van der Waals surface area contributed by atoms with Gasteiger partial charge in [-0.15, -0.1) is 23.2 Å². The van der Waals surface area contributed by atoms with Gasteiger partial charge in [-0.2, -0.15) is 0 Å². The highest BCUT2D eigenvalue weighted by molar-refractivity contribution is 6.36. The monoisotopic (exact) mass is 328 g/mol. The Bertz CT molecular complexity index is 543. The highest BCUT2D eigenvalue weighted by atomic mass is 35.5. The summed E-state index contributed by atoms with van der Waals surface area (Å²) < 4.78 is 12.4. The summed E-state index contributed by atoms with van der Waals surface area (Å²) in [6.07, 6.45) is 0.704. The number of rotatable bonds is 3. The van der Waals surface area contributed by atoms with Crippen molar-refractivity contribution in [3.05, 3.63) is 35.9 Å². The van der Waals surface area contributed by atoms with Gasteiger partial charge in [-0.3, -0.25) is 0 Å². The first kappa shape index (κ1) is 15.6. The van der Waals surface area contributed by atoms with E-state index in [0.717, 1.165) is 12.0 Å². The van der Waals surface area contributed by atoms with Crippen LogP contribution >= 0.6 is 23.2 Å². The minimum Gasteiger partial charge on any atom is -0.370 e. The Kier molecular flexibility index (Phi) is 3.43. The average Bonchev–Trinajstić information content (AvgIpc) is 2.75. The summed E-state index contributed by atoms with van der Waals surface area (Å²) >= 11 is 13.6. The average molecular weight is 329 g/mol. The molecule has 5 unspecified atom stereocenters. The maximum atomic E-state index is 6.83. The normalized spacial score (nSPS) is 48.8. The number of hydrogen-bond acceptors (Lipinski definition) is 2. The van der Waals surface area contributed by atoms with Crippen molar-refractivity contribution in [2.45, 2.75) is 67.8 Å². The topological polar surface area (TPSA) is 18.5 Å². The molecule has 2 nitrogen and oxygen atoms in total. The van der Waals surface area contributed by atoms with Crippen LogP contribution in [0.1, 0.15) is 39.7 Å². The van der Waals surface area contributed by atoms with E-state index in [4.69, 9.17) is 32.7 Å². The van der Waals surface area contributed by atoms with Crippen molar-refractivity contribution in [2.24, 2.45) is 0 Å². The van der Waals surface area contributed by atoms with Crippen molar-refractivity contribution >= 4 is 23.2 Å². The Morgan fingerprint density at radius 2 is 1.71 bits per heavy atom. The molecule has 2 bridgehead atoms. The van der Waals surface area contributed by atoms with E-state index in [-0.39, 0.29) is 6.10 Å². The Labute approximate surface area is 136 Å². The minimum absolute atomic E-state index is 0.0583. The fraction of sp³-hybridized carbons (Fsp3) is 0.647. The van der Waals surface area contributed by atoms with Gasteiger partial charge in [-0.1, -0.05) is 30.3 Å². The number of halogens is 2. The molecule has 1 aromatic rings. The Hall–Kier alpha value is -0.280. The summed E-state index contributed by atoms with van der Waals surface area (Å²) in [5, 5.41) is 0. The highest BCUT2D eigenvalue weighted by Gasteiger charge is 2.78. The van der Waals surface area contributed by atoms with E-state index in [1.54, 1.807) is 0 Å². The van der Waals surface area contributed by atoms with Crippen LogP contribution in [0.15, 0.2) is 30.3 Å².